The molecule has 2 aromatic rings. The maximum absolute atomic E-state index is 12.6. The molecule has 1 saturated heterocycles. The first-order chi connectivity index (χ1) is 13.1. The molecule has 0 aliphatic carbocycles. The van der Waals surface area contributed by atoms with Crippen LogP contribution in [-0.4, -0.2) is 35.6 Å². The summed E-state index contributed by atoms with van der Waals surface area (Å²) >= 11 is 0. The molecule has 0 saturated carbocycles. The largest absolute Gasteiger partial charge is 0.508 e. The van der Waals surface area contributed by atoms with Crippen molar-refractivity contribution in [1.29, 1.82) is 0 Å². The summed E-state index contributed by atoms with van der Waals surface area (Å²) < 4.78 is 5.43. The molecule has 3 N–H and O–H groups in total. The number of aromatic hydroxyl groups is 1. The van der Waals surface area contributed by atoms with Crippen LogP contribution < -0.4 is 10.6 Å². The Labute approximate surface area is 158 Å². The Morgan fingerprint density at radius 2 is 1.85 bits per heavy atom. The Hall–Kier alpha value is -2.86. The molecule has 1 aliphatic rings. The minimum atomic E-state index is -0.784. The van der Waals surface area contributed by atoms with Crippen LogP contribution in [0.5, 0.6) is 5.75 Å². The van der Waals surface area contributed by atoms with Gasteiger partial charge in [-0.2, -0.15) is 0 Å². The van der Waals surface area contributed by atoms with E-state index in [4.69, 9.17) is 4.74 Å². The molecule has 1 amide bonds. The van der Waals surface area contributed by atoms with Crippen molar-refractivity contribution in [3.8, 4) is 5.75 Å². The molecular weight excluding hydrogens is 344 g/mol. The van der Waals surface area contributed by atoms with E-state index < -0.39 is 12.0 Å². The van der Waals surface area contributed by atoms with E-state index in [0.29, 0.717) is 6.42 Å². The highest BCUT2D eigenvalue weighted by Crippen LogP contribution is 2.13. The van der Waals surface area contributed by atoms with Gasteiger partial charge >= 0.3 is 5.97 Å². The number of rotatable bonds is 7. The summed E-state index contributed by atoms with van der Waals surface area (Å²) in [5, 5.41) is 15.4. The zero-order valence-corrected chi connectivity index (χ0v) is 15.1. The maximum Gasteiger partial charge on any atom is 0.329 e. The number of ether oxygens (including phenoxy) is 1. The first-order valence-electron chi connectivity index (χ1n) is 9.14. The highest BCUT2D eigenvalue weighted by molar-refractivity contribution is 5.87. The summed E-state index contributed by atoms with van der Waals surface area (Å²) in [7, 11) is 0. The molecule has 27 heavy (non-hydrogen) atoms. The fraction of sp³-hybridized carbons (Fsp3) is 0.333. The molecule has 0 bridgehead atoms. The average molecular weight is 368 g/mol. The molecule has 0 unspecified atom stereocenters. The lowest BCUT2D eigenvalue weighted by atomic mass is 10.0. The molecule has 3 rings (SSSR count). The first kappa shape index (κ1) is 18.9. The Kier molecular flexibility index (Phi) is 6.44. The quantitative estimate of drug-likeness (QED) is 0.650. The van der Waals surface area contributed by atoms with Crippen molar-refractivity contribution in [3.05, 3.63) is 65.7 Å². The van der Waals surface area contributed by atoms with Crippen LogP contribution in [0.4, 0.5) is 0 Å². The van der Waals surface area contributed by atoms with Crippen molar-refractivity contribution in [2.45, 2.75) is 38.0 Å². The van der Waals surface area contributed by atoms with E-state index in [1.54, 1.807) is 24.3 Å². The minimum absolute atomic E-state index is 0.154. The number of benzene rings is 2. The van der Waals surface area contributed by atoms with E-state index in [9.17, 15) is 14.7 Å². The van der Waals surface area contributed by atoms with E-state index in [1.807, 2.05) is 30.3 Å². The van der Waals surface area contributed by atoms with Crippen LogP contribution in [0.2, 0.25) is 0 Å². The molecule has 6 heteroatoms. The summed E-state index contributed by atoms with van der Waals surface area (Å²) in [5.74, 6) is -0.507. The lowest BCUT2D eigenvalue weighted by Gasteiger charge is -2.20. The van der Waals surface area contributed by atoms with E-state index in [-0.39, 0.29) is 24.3 Å². The monoisotopic (exact) mass is 368 g/mol. The van der Waals surface area contributed by atoms with Crippen molar-refractivity contribution < 1.29 is 19.4 Å². The number of hydrogen-bond acceptors (Lipinski definition) is 5. The van der Waals surface area contributed by atoms with Gasteiger partial charge in [0.1, 0.15) is 18.4 Å². The second-order valence-corrected chi connectivity index (χ2v) is 6.67. The second kappa shape index (κ2) is 9.19. The van der Waals surface area contributed by atoms with Gasteiger partial charge in [-0.15, -0.1) is 0 Å². The Morgan fingerprint density at radius 3 is 2.52 bits per heavy atom. The van der Waals surface area contributed by atoms with Gasteiger partial charge in [-0.05, 0) is 42.6 Å². The van der Waals surface area contributed by atoms with E-state index >= 15 is 0 Å². The number of nitrogens with one attached hydrogen (secondary N) is 2. The number of esters is 1. The van der Waals surface area contributed by atoms with Crippen LogP contribution in [-0.2, 0) is 27.4 Å². The topological polar surface area (TPSA) is 87.7 Å². The molecule has 142 valence electrons. The van der Waals surface area contributed by atoms with E-state index in [2.05, 4.69) is 10.6 Å². The van der Waals surface area contributed by atoms with Gasteiger partial charge in [0.25, 0.3) is 0 Å². The highest BCUT2D eigenvalue weighted by Gasteiger charge is 2.28. The maximum atomic E-state index is 12.6. The normalized spacial score (nSPS) is 17.3. The molecule has 0 radical (unpaired) electrons. The zero-order chi connectivity index (χ0) is 19.1. The zero-order valence-electron chi connectivity index (χ0n) is 15.1. The van der Waals surface area contributed by atoms with Crippen molar-refractivity contribution in [3.63, 3.8) is 0 Å². The summed E-state index contributed by atoms with van der Waals surface area (Å²) in [5.41, 5.74) is 1.71. The lowest BCUT2D eigenvalue weighted by molar-refractivity contribution is -0.149. The summed E-state index contributed by atoms with van der Waals surface area (Å²) in [6, 6.07) is 14.9. The molecular formula is C21H24N2O4. The van der Waals surface area contributed by atoms with E-state index in [1.165, 1.54) is 0 Å². The molecule has 2 aromatic carbocycles. The van der Waals surface area contributed by atoms with Crippen molar-refractivity contribution in [2.75, 3.05) is 6.54 Å². The van der Waals surface area contributed by atoms with Crippen LogP contribution in [0.15, 0.2) is 54.6 Å². The average Bonchev–Trinajstić information content (AvgIpc) is 3.23. The van der Waals surface area contributed by atoms with Crippen LogP contribution >= 0.6 is 0 Å². The molecule has 0 aromatic heterocycles. The van der Waals surface area contributed by atoms with Gasteiger partial charge in [0, 0.05) is 6.42 Å². The first-order valence-corrected chi connectivity index (χ1v) is 9.14. The Bertz CT molecular complexity index is 756. The Balaban J connectivity index is 1.66. The summed E-state index contributed by atoms with van der Waals surface area (Å²) in [4.78, 5) is 25.1. The fourth-order valence-electron chi connectivity index (χ4n) is 3.07. The van der Waals surface area contributed by atoms with Gasteiger partial charge < -0.3 is 20.5 Å². The van der Waals surface area contributed by atoms with Gasteiger partial charge in [0.05, 0.1) is 6.04 Å². The predicted octanol–water partition coefficient (Wildman–Crippen LogP) is 1.91. The summed E-state index contributed by atoms with van der Waals surface area (Å²) in [6.45, 7) is 0.961. The number of carbonyl (C=O) groups is 2. The third kappa shape index (κ3) is 5.56. The predicted molar refractivity (Wildman–Crippen MR) is 101 cm³/mol. The number of carbonyl (C=O) groups excluding carboxylic acids is 2. The third-order valence-corrected chi connectivity index (χ3v) is 4.58. The molecule has 1 fully saturated rings. The molecule has 1 aliphatic heterocycles. The van der Waals surface area contributed by atoms with Gasteiger partial charge in [-0.25, -0.2) is 4.79 Å². The van der Waals surface area contributed by atoms with Gasteiger partial charge in [-0.1, -0.05) is 42.5 Å². The summed E-state index contributed by atoms with van der Waals surface area (Å²) in [6.07, 6.45) is 2.00. The third-order valence-electron chi connectivity index (χ3n) is 4.58. The van der Waals surface area contributed by atoms with Gasteiger partial charge in [0.15, 0.2) is 0 Å². The molecule has 2 atom stereocenters. The standard InChI is InChI=1S/C21H24N2O4/c24-17-10-8-15(9-11-17)13-19(23-20(25)18-7-4-12-22-18)21(26)27-14-16-5-2-1-3-6-16/h1-3,5-6,8-11,18-19,22,24H,4,7,12-14H2,(H,23,25)/t18-,19-/m0/s1. The molecule has 1 heterocycles. The van der Waals surface area contributed by atoms with Crippen LogP contribution in [0.3, 0.4) is 0 Å². The van der Waals surface area contributed by atoms with E-state index in [0.717, 1.165) is 30.5 Å². The number of amides is 1. The van der Waals surface area contributed by atoms with Gasteiger partial charge in [-0.3, -0.25) is 4.79 Å². The minimum Gasteiger partial charge on any atom is -0.508 e. The lowest BCUT2D eigenvalue weighted by Crippen LogP contribution is -2.49. The van der Waals surface area contributed by atoms with Crippen LogP contribution in [0.1, 0.15) is 24.0 Å². The second-order valence-electron chi connectivity index (χ2n) is 6.67. The molecule has 0 spiro atoms. The smallest absolute Gasteiger partial charge is 0.329 e. The van der Waals surface area contributed by atoms with Crippen molar-refractivity contribution in [1.82, 2.24) is 10.6 Å². The van der Waals surface area contributed by atoms with Crippen LogP contribution in [0, 0.1) is 0 Å². The number of hydrogen-bond donors (Lipinski definition) is 3. The van der Waals surface area contributed by atoms with Crippen LogP contribution in [0.25, 0.3) is 0 Å². The SMILES string of the molecule is O=C(N[C@@H](Cc1ccc(O)cc1)C(=O)OCc1ccccc1)[C@@H]1CCCN1. The van der Waals surface area contributed by atoms with Crippen molar-refractivity contribution in [2.24, 2.45) is 0 Å². The van der Waals surface area contributed by atoms with Gasteiger partial charge in [0.2, 0.25) is 5.91 Å². The number of phenols is 1. The number of phenolic OH excluding ortho intramolecular Hbond substituents is 1. The van der Waals surface area contributed by atoms with Crippen molar-refractivity contribution >= 4 is 11.9 Å². The Morgan fingerprint density at radius 1 is 1.11 bits per heavy atom. The highest BCUT2D eigenvalue weighted by atomic mass is 16.5. The fourth-order valence-corrected chi connectivity index (χ4v) is 3.07. The molecule has 6 nitrogen and oxygen atoms in total.